The normalized spacial score (nSPS) is 31.6. The van der Waals surface area contributed by atoms with Gasteiger partial charge in [-0.25, -0.2) is 0 Å². The van der Waals surface area contributed by atoms with Gasteiger partial charge in [0, 0.05) is 12.8 Å². The van der Waals surface area contributed by atoms with Crippen LogP contribution in [0.3, 0.4) is 0 Å². The predicted octanol–water partition coefficient (Wildman–Crippen LogP) is -2.91. The molecule has 0 radical (unpaired) electrons. The largest absolute Gasteiger partial charge is 1.00 e. The number of quaternary nitrogens is 1. The number of aliphatic hydroxyl groups excluding tert-OH is 1. The highest BCUT2D eigenvalue weighted by Gasteiger charge is 2.24. The second kappa shape index (κ2) is 4.10. The van der Waals surface area contributed by atoms with E-state index in [0.29, 0.717) is 0 Å². The maximum atomic E-state index is 9.37. The van der Waals surface area contributed by atoms with Crippen molar-refractivity contribution in [1.29, 1.82) is 0 Å². The van der Waals surface area contributed by atoms with Gasteiger partial charge in [-0.15, -0.1) is 0 Å². The first-order valence-electron chi connectivity index (χ1n) is 3.77. The Morgan fingerprint density at radius 1 is 1.27 bits per heavy atom. The molecule has 1 aliphatic rings. The molecule has 0 aromatic rings. The number of aliphatic hydroxyl groups is 1. The summed E-state index contributed by atoms with van der Waals surface area (Å²) in [6.45, 7) is 4.21. The van der Waals surface area contributed by atoms with Crippen LogP contribution >= 0.6 is 0 Å². The SMILES string of the molecule is CC1=C(C)C[C@@H](O)[C@H]([NH3+])C1.[Cl-]. The summed E-state index contributed by atoms with van der Waals surface area (Å²) in [6, 6.07) is 0.212. The maximum absolute atomic E-state index is 9.37. The van der Waals surface area contributed by atoms with Gasteiger partial charge in [0.2, 0.25) is 0 Å². The third kappa shape index (κ3) is 2.47. The molecule has 0 aliphatic heterocycles. The Labute approximate surface area is 73.9 Å². The van der Waals surface area contributed by atoms with Gasteiger partial charge in [0.15, 0.2) is 0 Å². The number of rotatable bonds is 0. The first-order valence-corrected chi connectivity index (χ1v) is 3.77. The lowest BCUT2D eigenvalue weighted by Gasteiger charge is -2.23. The molecule has 2 nitrogen and oxygen atoms in total. The van der Waals surface area contributed by atoms with Gasteiger partial charge >= 0.3 is 0 Å². The Hall–Kier alpha value is -0.0500. The van der Waals surface area contributed by atoms with Crippen molar-refractivity contribution in [3.05, 3.63) is 11.1 Å². The molecule has 11 heavy (non-hydrogen) atoms. The van der Waals surface area contributed by atoms with Crippen molar-refractivity contribution in [1.82, 2.24) is 0 Å². The molecule has 0 fully saturated rings. The third-order valence-electron chi connectivity index (χ3n) is 2.36. The van der Waals surface area contributed by atoms with E-state index in [2.05, 4.69) is 19.6 Å². The van der Waals surface area contributed by atoms with Crippen molar-refractivity contribution in [2.24, 2.45) is 0 Å². The van der Waals surface area contributed by atoms with Crippen molar-refractivity contribution in [2.45, 2.75) is 38.8 Å². The van der Waals surface area contributed by atoms with Gasteiger partial charge in [-0.1, -0.05) is 11.1 Å². The average molecular weight is 178 g/mol. The van der Waals surface area contributed by atoms with E-state index in [1.165, 1.54) is 11.1 Å². The molecule has 66 valence electrons. The molecule has 2 atom stereocenters. The predicted molar refractivity (Wildman–Crippen MR) is 40.3 cm³/mol. The van der Waals surface area contributed by atoms with E-state index in [9.17, 15) is 5.11 Å². The monoisotopic (exact) mass is 177 g/mol. The molecule has 0 unspecified atom stereocenters. The van der Waals surface area contributed by atoms with Crippen LogP contribution in [0.5, 0.6) is 0 Å². The minimum Gasteiger partial charge on any atom is -1.00 e. The Morgan fingerprint density at radius 2 is 1.73 bits per heavy atom. The highest BCUT2D eigenvalue weighted by molar-refractivity contribution is 5.15. The lowest BCUT2D eigenvalue weighted by atomic mass is 9.88. The van der Waals surface area contributed by atoms with Crippen molar-refractivity contribution < 1.29 is 23.2 Å². The summed E-state index contributed by atoms with van der Waals surface area (Å²) < 4.78 is 0. The molecular weight excluding hydrogens is 162 g/mol. The summed E-state index contributed by atoms with van der Waals surface area (Å²) >= 11 is 0. The molecule has 0 saturated carbocycles. The molecule has 0 bridgehead atoms. The fraction of sp³-hybridized carbons (Fsp3) is 0.750. The summed E-state index contributed by atoms with van der Waals surface area (Å²) in [5.74, 6) is 0. The Bertz CT molecular complexity index is 149. The molecule has 0 amide bonds. The van der Waals surface area contributed by atoms with Crippen LogP contribution in [0.15, 0.2) is 11.1 Å². The Balaban J connectivity index is 0.000001000. The fourth-order valence-corrected chi connectivity index (χ4v) is 1.36. The van der Waals surface area contributed by atoms with Crippen LogP contribution in [0, 0.1) is 0 Å². The summed E-state index contributed by atoms with van der Waals surface area (Å²) in [6.07, 6.45) is 1.58. The molecular formula is C8H16ClNO. The van der Waals surface area contributed by atoms with Crippen molar-refractivity contribution >= 4 is 0 Å². The minimum absolute atomic E-state index is 0. The lowest BCUT2D eigenvalue weighted by molar-refractivity contribution is -0.438. The summed E-state index contributed by atoms with van der Waals surface area (Å²) in [5.41, 5.74) is 6.63. The fourth-order valence-electron chi connectivity index (χ4n) is 1.36. The smallest absolute Gasteiger partial charge is 0.115 e. The molecule has 0 aromatic carbocycles. The zero-order chi connectivity index (χ0) is 7.72. The van der Waals surface area contributed by atoms with Gasteiger partial charge in [0.25, 0.3) is 0 Å². The van der Waals surface area contributed by atoms with E-state index < -0.39 is 0 Å². The van der Waals surface area contributed by atoms with E-state index in [1.807, 2.05) is 0 Å². The van der Waals surface area contributed by atoms with Crippen LogP contribution in [0.1, 0.15) is 26.7 Å². The molecule has 0 aromatic heterocycles. The number of halogens is 1. The van der Waals surface area contributed by atoms with Crippen LogP contribution in [0.2, 0.25) is 0 Å². The number of hydrogen-bond acceptors (Lipinski definition) is 1. The molecule has 4 N–H and O–H groups in total. The molecule has 3 heteroatoms. The minimum atomic E-state index is -0.205. The van der Waals surface area contributed by atoms with Crippen LogP contribution in [0.25, 0.3) is 0 Å². The third-order valence-corrected chi connectivity index (χ3v) is 2.36. The van der Waals surface area contributed by atoms with Crippen LogP contribution < -0.4 is 18.1 Å². The summed E-state index contributed by atoms with van der Waals surface area (Å²) in [4.78, 5) is 0. The number of hydrogen-bond donors (Lipinski definition) is 2. The highest BCUT2D eigenvalue weighted by Crippen LogP contribution is 2.22. The highest BCUT2D eigenvalue weighted by atomic mass is 35.5. The standard InChI is InChI=1S/C8H15NO.ClH/c1-5-3-7(9)8(10)4-6(5)2;/h7-8,10H,3-4,9H2,1-2H3;1H/t7-,8-;/m1./s1. The maximum Gasteiger partial charge on any atom is 0.115 e. The first-order chi connectivity index (χ1) is 4.61. The van der Waals surface area contributed by atoms with E-state index in [4.69, 9.17) is 0 Å². The second-order valence-corrected chi connectivity index (χ2v) is 3.30. The molecule has 1 aliphatic carbocycles. The summed E-state index contributed by atoms with van der Waals surface area (Å²) in [5, 5.41) is 9.37. The summed E-state index contributed by atoms with van der Waals surface area (Å²) in [7, 11) is 0. The van der Waals surface area contributed by atoms with Gasteiger partial charge in [0.1, 0.15) is 12.1 Å². The second-order valence-electron chi connectivity index (χ2n) is 3.30. The zero-order valence-corrected chi connectivity index (χ0v) is 7.86. The van der Waals surface area contributed by atoms with Gasteiger partial charge in [-0.05, 0) is 13.8 Å². The molecule has 0 spiro atoms. The quantitative estimate of drug-likeness (QED) is 0.383. The van der Waals surface area contributed by atoms with Crippen LogP contribution in [-0.4, -0.2) is 17.3 Å². The van der Waals surface area contributed by atoms with Gasteiger partial charge in [-0.2, -0.15) is 0 Å². The van der Waals surface area contributed by atoms with E-state index in [1.54, 1.807) is 0 Å². The topological polar surface area (TPSA) is 47.9 Å². The molecule has 0 saturated heterocycles. The van der Waals surface area contributed by atoms with Crippen molar-refractivity contribution in [3.8, 4) is 0 Å². The average Bonchev–Trinajstić information content (AvgIpc) is 1.84. The van der Waals surface area contributed by atoms with E-state index in [0.717, 1.165) is 12.8 Å². The Kier molecular flexibility index (Phi) is 4.08. The van der Waals surface area contributed by atoms with Gasteiger partial charge in [-0.3, -0.25) is 0 Å². The lowest BCUT2D eigenvalue weighted by Crippen LogP contribution is -3.00. The van der Waals surface area contributed by atoms with Crippen LogP contribution in [0.4, 0.5) is 0 Å². The van der Waals surface area contributed by atoms with Crippen molar-refractivity contribution in [3.63, 3.8) is 0 Å². The molecule has 0 heterocycles. The van der Waals surface area contributed by atoms with E-state index in [-0.39, 0.29) is 24.6 Å². The zero-order valence-electron chi connectivity index (χ0n) is 7.10. The van der Waals surface area contributed by atoms with Crippen LogP contribution in [-0.2, 0) is 0 Å². The molecule has 1 rings (SSSR count). The Morgan fingerprint density at radius 3 is 2.18 bits per heavy atom. The van der Waals surface area contributed by atoms with Crippen molar-refractivity contribution in [2.75, 3.05) is 0 Å². The van der Waals surface area contributed by atoms with Gasteiger partial charge in [0.05, 0.1) is 0 Å². The van der Waals surface area contributed by atoms with Gasteiger partial charge < -0.3 is 23.2 Å². The first kappa shape index (κ1) is 11.0. The van der Waals surface area contributed by atoms with E-state index >= 15 is 0 Å².